The van der Waals surface area contributed by atoms with Gasteiger partial charge in [-0.3, -0.25) is 10.4 Å². The number of morpholine rings is 1. The van der Waals surface area contributed by atoms with Gasteiger partial charge in [0.1, 0.15) is 0 Å². The maximum atomic E-state index is 9.17. The first-order valence-corrected chi connectivity index (χ1v) is 6.22. The first-order chi connectivity index (χ1) is 8.71. The van der Waals surface area contributed by atoms with Crippen LogP contribution < -0.4 is 11.3 Å². The Morgan fingerprint density at radius 2 is 2.39 bits per heavy atom. The molecular formula is C11H24N4O3. The topological polar surface area (TPSA) is 92.3 Å². The van der Waals surface area contributed by atoms with Gasteiger partial charge < -0.3 is 19.5 Å². The van der Waals surface area contributed by atoms with Gasteiger partial charge in [-0.25, -0.2) is 5.84 Å². The summed E-state index contributed by atoms with van der Waals surface area (Å²) >= 11 is 0. The highest BCUT2D eigenvalue weighted by atomic mass is 16.5. The number of aliphatic imine (C=N–C) groups is 1. The number of nitrogens with zero attached hydrogens (tertiary/aromatic N) is 2. The van der Waals surface area contributed by atoms with Crippen LogP contribution in [0, 0.1) is 0 Å². The van der Waals surface area contributed by atoms with Crippen molar-refractivity contribution in [2.75, 3.05) is 40.0 Å². The average molecular weight is 260 g/mol. The van der Waals surface area contributed by atoms with Crippen molar-refractivity contribution in [3.8, 4) is 0 Å². The Hall–Kier alpha value is -0.890. The Kier molecular flexibility index (Phi) is 6.96. The molecule has 0 radical (unpaired) electrons. The molecule has 1 saturated heterocycles. The molecule has 0 saturated carbocycles. The van der Waals surface area contributed by atoms with E-state index in [9.17, 15) is 0 Å². The van der Waals surface area contributed by atoms with E-state index >= 15 is 0 Å². The lowest BCUT2D eigenvalue weighted by atomic mass is 10.2. The molecule has 1 aliphatic rings. The molecule has 7 heteroatoms. The molecule has 0 aromatic rings. The van der Waals surface area contributed by atoms with E-state index in [0.29, 0.717) is 32.2 Å². The van der Waals surface area contributed by atoms with Gasteiger partial charge in [0.25, 0.3) is 0 Å². The first kappa shape index (κ1) is 15.2. The summed E-state index contributed by atoms with van der Waals surface area (Å²) in [5.41, 5.74) is 2.61. The molecule has 0 aromatic heterocycles. The number of aliphatic hydroxyl groups excluding tert-OH is 1. The van der Waals surface area contributed by atoms with Crippen molar-refractivity contribution < 1.29 is 14.6 Å². The predicted molar refractivity (Wildman–Crippen MR) is 69.1 cm³/mol. The number of nitrogens with two attached hydrogens (primary N) is 1. The van der Waals surface area contributed by atoms with Gasteiger partial charge >= 0.3 is 0 Å². The number of hydrazine groups is 1. The van der Waals surface area contributed by atoms with Crippen LogP contribution in [0.15, 0.2) is 4.99 Å². The molecular weight excluding hydrogens is 236 g/mol. The van der Waals surface area contributed by atoms with Crippen LogP contribution in [0.3, 0.4) is 0 Å². The van der Waals surface area contributed by atoms with Crippen LogP contribution in [0.25, 0.3) is 0 Å². The van der Waals surface area contributed by atoms with Crippen LogP contribution in [0.2, 0.25) is 0 Å². The van der Waals surface area contributed by atoms with Crippen LogP contribution >= 0.6 is 0 Å². The van der Waals surface area contributed by atoms with E-state index in [0.717, 1.165) is 6.42 Å². The maximum absolute atomic E-state index is 9.17. The van der Waals surface area contributed by atoms with Crippen LogP contribution in [-0.2, 0) is 9.47 Å². The Bertz CT molecular complexity index is 263. The molecule has 2 atom stereocenters. The molecule has 1 fully saturated rings. The van der Waals surface area contributed by atoms with E-state index in [-0.39, 0.29) is 18.8 Å². The fraction of sp³-hybridized carbons (Fsp3) is 0.909. The molecule has 1 heterocycles. The first-order valence-electron chi connectivity index (χ1n) is 6.22. The summed E-state index contributed by atoms with van der Waals surface area (Å²) in [6.07, 6.45) is 0.713. The minimum Gasteiger partial charge on any atom is -0.394 e. The Labute approximate surface area is 108 Å². The molecule has 2 unspecified atom stereocenters. The second kappa shape index (κ2) is 8.25. The molecule has 1 aliphatic heterocycles. The molecule has 0 aromatic carbocycles. The van der Waals surface area contributed by atoms with Gasteiger partial charge in [0.15, 0.2) is 0 Å². The largest absolute Gasteiger partial charge is 0.394 e. The number of nitrogens with one attached hydrogen (secondary N) is 1. The normalized spacial score (nSPS) is 25.3. The third kappa shape index (κ3) is 4.77. The van der Waals surface area contributed by atoms with Gasteiger partial charge in [-0.05, 0) is 13.3 Å². The van der Waals surface area contributed by atoms with Gasteiger partial charge in [0.2, 0.25) is 5.96 Å². The summed E-state index contributed by atoms with van der Waals surface area (Å²) in [7, 11) is 1.67. The zero-order chi connectivity index (χ0) is 13.4. The molecule has 18 heavy (non-hydrogen) atoms. The molecule has 1 rings (SSSR count). The van der Waals surface area contributed by atoms with Crippen molar-refractivity contribution in [1.82, 2.24) is 10.3 Å². The molecule has 106 valence electrons. The SMILES string of the molecule is COCCCN=C(NN)N1CC(C)OC(CO)C1. The molecule has 0 bridgehead atoms. The summed E-state index contributed by atoms with van der Waals surface area (Å²) in [4.78, 5) is 6.40. The summed E-state index contributed by atoms with van der Waals surface area (Å²) in [6, 6.07) is 0. The van der Waals surface area contributed by atoms with E-state index in [1.807, 2.05) is 11.8 Å². The summed E-state index contributed by atoms with van der Waals surface area (Å²) in [5, 5.41) is 9.17. The van der Waals surface area contributed by atoms with Crippen molar-refractivity contribution in [1.29, 1.82) is 0 Å². The quantitative estimate of drug-likeness (QED) is 0.191. The van der Waals surface area contributed by atoms with Crippen molar-refractivity contribution in [2.45, 2.75) is 25.6 Å². The second-order valence-corrected chi connectivity index (χ2v) is 4.35. The lowest BCUT2D eigenvalue weighted by molar-refractivity contribution is -0.0792. The summed E-state index contributed by atoms with van der Waals surface area (Å²) < 4.78 is 10.5. The minimum absolute atomic E-state index is 0.00235. The van der Waals surface area contributed by atoms with Gasteiger partial charge in [-0.2, -0.15) is 0 Å². The number of ether oxygens (including phenoxy) is 2. The Balaban J connectivity index is 2.51. The standard InChI is InChI=1S/C11H24N4O3/c1-9-6-15(7-10(8-16)18-9)11(14-12)13-4-3-5-17-2/h9-10,16H,3-8,12H2,1-2H3,(H,13,14). The fourth-order valence-electron chi connectivity index (χ4n) is 1.95. The van der Waals surface area contributed by atoms with E-state index in [1.165, 1.54) is 0 Å². The smallest absolute Gasteiger partial charge is 0.208 e. The third-order valence-electron chi connectivity index (χ3n) is 2.73. The van der Waals surface area contributed by atoms with Crippen molar-refractivity contribution in [3.05, 3.63) is 0 Å². The lowest BCUT2D eigenvalue weighted by Gasteiger charge is -2.37. The average Bonchev–Trinajstić information content (AvgIpc) is 2.38. The highest BCUT2D eigenvalue weighted by Gasteiger charge is 2.26. The highest BCUT2D eigenvalue weighted by Crippen LogP contribution is 2.10. The van der Waals surface area contributed by atoms with Crippen molar-refractivity contribution in [2.24, 2.45) is 10.8 Å². The number of methoxy groups -OCH3 is 1. The zero-order valence-electron chi connectivity index (χ0n) is 11.1. The highest BCUT2D eigenvalue weighted by molar-refractivity contribution is 5.79. The minimum atomic E-state index is -0.189. The zero-order valence-corrected chi connectivity index (χ0v) is 11.1. The van der Waals surface area contributed by atoms with Crippen molar-refractivity contribution >= 4 is 5.96 Å². The molecule has 7 nitrogen and oxygen atoms in total. The summed E-state index contributed by atoms with van der Waals surface area (Å²) in [5.74, 6) is 6.13. The van der Waals surface area contributed by atoms with Crippen LogP contribution in [0.4, 0.5) is 0 Å². The lowest BCUT2D eigenvalue weighted by Crippen LogP contribution is -2.55. The van der Waals surface area contributed by atoms with E-state index < -0.39 is 0 Å². The van der Waals surface area contributed by atoms with Gasteiger partial charge in [-0.15, -0.1) is 0 Å². The number of hydrogen-bond donors (Lipinski definition) is 3. The fourth-order valence-corrected chi connectivity index (χ4v) is 1.95. The maximum Gasteiger partial charge on any atom is 0.208 e. The molecule has 4 N–H and O–H groups in total. The Morgan fingerprint density at radius 3 is 3.00 bits per heavy atom. The van der Waals surface area contributed by atoms with Crippen LogP contribution in [0.5, 0.6) is 0 Å². The second-order valence-electron chi connectivity index (χ2n) is 4.35. The van der Waals surface area contributed by atoms with E-state index in [1.54, 1.807) is 7.11 Å². The van der Waals surface area contributed by atoms with Gasteiger partial charge in [0, 0.05) is 33.4 Å². The predicted octanol–water partition coefficient (Wildman–Crippen LogP) is -1.08. The van der Waals surface area contributed by atoms with E-state index in [4.69, 9.17) is 20.4 Å². The molecule has 0 amide bonds. The molecule has 0 spiro atoms. The van der Waals surface area contributed by atoms with Crippen LogP contribution in [0.1, 0.15) is 13.3 Å². The number of aliphatic hydroxyl groups is 1. The third-order valence-corrected chi connectivity index (χ3v) is 2.73. The summed E-state index contributed by atoms with van der Waals surface area (Å²) in [6.45, 7) is 4.61. The number of rotatable bonds is 5. The van der Waals surface area contributed by atoms with Crippen LogP contribution in [-0.4, -0.2) is 68.1 Å². The molecule has 0 aliphatic carbocycles. The van der Waals surface area contributed by atoms with Crippen molar-refractivity contribution in [3.63, 3.8) is 0 Å². The van der Waals surface area contributed by atoms with Gasteiger partial charge in [0.05, 0.1) is 18.8 Å². The number of guanidine groups is 1. The van der Waals surface area contributed by atoms with E-state index in [2.05, 4.69) is 10.4 Å². The van der Waals surface area contributed by atoms with Gasteiger partial charge in [-0.1, -0.05) is 0 Å². The Morgan fingerprint density at radius 1 is 1.61 bits per heavy atom. The number of hydrogen-bond acceptors (Lipinski definition) is 5. The monoisotopic (exact) mass is 260 g/mol.